The predicted octanol–water partition coefficient (Wildman–Crippen LogP) is 21.4. The number of rotatable bonds is 22. The van der Waals surface area contributed by atoms with Crippen molar-refractivity contribution < 1.29 is 40.8 Å². The van der Waals surface area contributed by atoms with E-state index in [2.05, 4.69) is 161 Å². The molecular weight excluding hydrogens is 1720 g/mol. The lowest BCUT2D eigenvalue weighted by atomic mass is 10.0. The molecular formula is C104H97N21O9S. The van der Waals surface area contributed by atoms with Gasteiger partial charge in [0.05, 0.1) is 127 Å². The minimum Gasteiger partial charge on any atom is -0.467 e. The molecule has 0 spiro atoms. The van der Waals surface area contributed by atoms with E-state index in [-0.39, 0.29) is 35.9 Å². The summed E-state index contributed by atoms with van der Waals surface area (Å²) >= 11 is 0. The Labute approximate surface area is 778 Å². The van der Waals surface area contributed by atoms with Crippen molar-refractivity contribution >= 4 is 71.5 Å². The lowest BCUT2D eigenvalue weighted by Crippen LogP contribution is -2.17. The second kappa shape index (κ2) is 38.5. The number of amides is 1. The number of pyridine rings is 9. The van der Waals surface area contributed by atoms with Gasteiger partial charge in [-0.3, -0.25) is 59.2 Å². The van der Waals surface area contributed by atoms with E-state index in [0.717, 1.165) is 208 Å². The molecule has 31 heteroatoms. The number of hydrogen-bond acceptors (Lipinski definition) is 24. The maximum Gasteiger partial charge on any atom is 0.316 e. The number of carbonyl (C=O) groups excluding carboxylic acids is 2. The Morgan fingerprint density at radius 2 is 0.681 bits per heavy atom. The average molecular weight is 1820 g/mol. The van der Waals surface area contributed by atoms with Crippen molar-refractivity contribution in [2.75, 3.05) is 25.1 Å². The van der Waals surface area contributed by atoms with Crippen LogP contribution in [0.5, 0.6) is 6.01 Å². The minimum absolute atomic E-state index is 0.00617. The van der Waals surface area contributed by atoms with Crippen molar-refractivity contribution in [2.24, 2.45) is 0 Å². The maximum atomic E-state index is 12.0. The Bertz CT molecular complexity index is 7520. The van der Waals surface area contributed by atoms with Crippen LogP contribution in [0.2, 0.25) is 0 Å². The molecule has 0 unspecified atom stereocenters. The Morgan fingerprint density at radius 1 is 0.378 bits per heavy atom. The smallest absolute Gasteiger partial charge is 0.316 e. The van der Waals surface area contributed by atoms with Crippen LogP contribution in [0.15, 0.2) is 269 Å². The molecule has 1 amide bonds. The number of fused-ring (bicyclic) bond motifs is 4. The number of ketones is 1. The SMILES string of the molecule is CCC(=O)c1ccc(-c2cn([C@@H](C)c3ccccn3)c3cc(-c4c(C)noc4C)cnc23)cn1.CNC(=O)c1ccc(-c2cn([C@@H](C)c3ccccn3)c3cc(-c4c(C)noc4C)cnc23)cc1.COc1ncc(-c2cn([C@@H](C)c3ccccn3)c3cc(-c4c(C)noc4C)cnc23)cn1.Cc1noc(C)c1-c1cnc2c(-c3ccc(NS(C)(=O)=O)cc3)cn([C@@H](C)c3ccccn3)c2c1. The van der Waals surface area contributed by atoms with E-state index in [1.807, 2.05) is 215 Å². The van der Waals surface area contributed by atoms with E-state index in [0.29, 0.717) is 29.4 Å². The summed E-state index contributed by atoms with van der Waals surface area (Å²) in [4.78, 5) is 74.6. The summed E-state index contributed by atoms with van der Waals surface area (Å²) in [6, 6.07) is 51.0. The zero-order valence-corrected chi connectivity index (χ0v) is 78.1. The molecule has 135 heavy (non-hydrogen) atoms. The van der Waals surface area contributed by atoms with Crippen LogP contribution in [0.1, 0.15) is 155 Å². The first kappa shape index (κ1) is 90.5. The van der Waals surface area contributed by atoms with Crippen LogP contribution in [-0.2, 0) is 10.0 Å². The molecule has 18 heterocycles. The Kier molecular flexibility index (Phi) is 25.8. The molecule has 0 fully saturated rings. The molecule has 2 aromatic carbocycles. The Morgan fingerprint density at radius 3 is 0.956 bits per heavy atom. The number of benzene rings is 2. The first-order chi connectivity index (χ1) is 65.2. The molecule has 30 nitrogen and oxygen atoms in total. The first-order valence-corrected chi connectivity index (χ1v) is 45.8. The summed E-state index contributed by atoms with van der Waals surface area (Å²) in [5.74, 6) is 2.95. The monoisotopic (exact) mass is 1820 g/mol. The number of aryl methyl sites for hydroxylation is 8. The highest BCUT2D eigenvalue weighted by molar-refractivity contribution is 7.92. The predicted molar refractivity (Wildman–Crippen MR) is 519 cm³/mol. The van der Waals surface area contributed by atoms with Crippen LogP contribution in [0.25, 0.3) is 133 Å². The summed E-state index contributed by atoms with van der Waals surface area (Å²) in [7, 11) is -0.170. The van der Waals surface area contributed by atoms with Gasteiger partial charge < -0.3 is 46.4 Å². The van der Waals surface area contributed by atoms with Gasteiger partial charge in [-0.05, 0) is 197 Å². The molecule has 0 bridgehead atoms. The molecule has 4 atom stereocenters. The topological polar surface area (TPSA) is 367 Å². The summed E-state index contributed by atoms with van der Waals surface area (Å²) < 4.78 is 61.1. The van der Waals surface area contributed by atoms with Gasteiger partial charge >= 0.3 is 6.01 Å². The van der Waals surface area contributed by atoms with E-state index in [9.17, 15) is 18.0 Å². The molecule has 2 N–H and O–H groups in total. The molecule has 0 aliphatic heterocycles. The molecule has 0 radical (unpaired) electrons. The van der Waals surface area contributed by atoms with E-state index in [1.165, 1.54) is 0 Å². The number of carbonyl (C=O) groups is 2. The third-order valence-electron chi connectivity index (χ3n) is 24.1. The first-order valence-electron chi connectivity index (χ1n) is 43.9. The molecule has 0 aliphatic carbocycles. The highest BCUT2D eigenvalue weighted by Crippen LogP contribution is 2.43. The molecule has 20 aromatic rings. The zero-order chi connectivity index (χ0) is 94.6. The van der Waals surface area contributed by atoms with Crippen molar-refractivity contribution in [3.05, 3.63) is 331 Å². The molecule has 0 saturated carbocycles. The second-order valence-electron chi connectivity index (χ2n) is 33.0. The van der Waals surface area contributed by atoms with E-state index >= 15 is 0 Å². The van der Waals surface area contributed by atoms with Gasteiger partial charge in [0.2, 0.25) is 10.0 Å². The Balaban J connectivity index is 0.000000125. The van der Waals surface area contributed by atoms with Crippen LogP contribution in [0, 0.1) is 55.4 Å². The maximum absolute atomic E-state index is 12.0. The molecule has 20 rings (SSSR count). The van der Waals surface area contributed by atoms with Crippen LogP contribution in [0.3, 0.4) is 0 Å². The fraction of sp³-hybridized carbons (Fsp3) is 0.202. The quantitative estimate of drug-likeness (QED) is 0.0595. The molecule has 678 valence electrons. The van der Waals surface area contributed by atoms with Crippen LogP contribution in [0.4, 0.5) is 5.69 Å². The van der Waals surface area contributed by atoms with Gasteiger partial charge in [0.1, 0.15) is 28.7 Å². The summed E-state index contributed by atoms with van der Waals surface area (Å²) in [5, 5.41) is 19.1. The summed E-state index contributed by atoms with van der Waals surface area (Å²) in [6.07, 6.45) is 29.8. The fourth-order valence-electron chi connectivity index (χ4n) is 17.2. The lowest BCUT2D eigenvalue weighted by Gasteiger charge is -2.15. The number of aromatic nitrogens is 19. The van der Waals surface area contributed by atoms with Crippen LogP contribution >= 0.6 is 0 Å². The average Bonchev–Trinajstić information content (AvgIpc) is 1.62. The lowest BCUT2D eigenvalue weighted by molar-refractivity contribution is 0.0960. The van der Waals surface area contributed by atoms with E-state index in [1.54, 1.807) is 63.3 Å². The fourth-order valence-corrected chi connectivity index (χ4v) is 17.7. The largest absolute Gasteiger partial charge is 0.467 e. The summed E-state index contributed by atoms with van der Waals surface area (Å²) in [6.45, 7) is 25.7. The van der Waals surface area contributed by atoms with Gasteiger partial charge in [-0.2, -0.15) is 0 Å². The number of sulfonamides is 1. The standard InChI is InChI=1S/2C27H25N5O2.C26H25N5O3S.C24H22N6O2/c1-16-25(18(3)34-31-16)21-13-24-26(30-14-21)22(19-8-10-20(11-9-19)27(33)28-4)15-32(24)17(2)23-7-5-6-12-29-23;1-5-25(33)23-10-9-19(13-29-23)21-15-32(17(3)22-8-6-7-11-28-22)24-12-20(14-30-27(21)24)26-16(2)31-34-18(26)4;1-16-25(18(3)34-29-16)20-13-24-26(28-14-20)22(15-31(24)17(2)23-7-5-6-12-27-23)19-8-10-21(11-9-19)30-35(4,32)33;1-14-22(16(3)32-29-14)17-9-21-23(26-10-17)19(18-11-27-24(31-4)28-12-18)13-30(21)15(2)20-7-5-6-8-25-20/h5-15,17H,1-4H3,(H,28,33);6-15,17H,5H2,1-4H3;5-15,17,30H,1-4H3;5-13,15H,1-4H3/t3*17-;15-/m0000/s1. The van der Waals surface area contributed by atoms with Crippen molar-refractivity contribution in [1.29, 1.82) is 0 Å². The number of ether oxygens (including phenoxy) is 1. The molecule has 0 aliphatic rings. The zero-order valence-electron chi connectivity index (χ0n) is 77.3. The number of anilines is 1. The van der Waals surface area contributed by atoms with Crippen molar-refractivity contribution in [3.63, 3.8) is 0 Å². The van der Waals surface area contributed by atoms with Gasteiger partial charge in [0.25, 0.3) is 5.91 Å². The number of nitrogens with one attached hydrogen (secondary N) is 2. The van der Waals surface area contributed by atoms with Gasteiger partial charge in [0.15, 0.2) is 5.78 Å². The number of nitrogens with zero attached hydrogens (tertiary/aromatic N) is 19. The highest BCUT2D eigenvalue weighted by atomic mass is 32.2. The van der Waals surface area contributed by atoms with Crippen LogP contribution in [-0.4, -0.2) is 134 Å². The van der Waals surface area contributed by atoms with Crippen molar-refractivity contribution in [2.45, 2.75) is 121 Å². The van der Waals surface area contributed by atoms with Crippen molar-refractivity contribution in [1.82, 2.24) is 99.0 Å². The number of methoxy groups -OCH3 is 1. The summed E-state index contributed by atoms with van der Waals surface area (Å²) in [5.41, 5.74) is 31.2. The third kappa shape index (κ3) is 18.6. The highest BCUT2D eigenvalue weighted by Gasteiger charge is 2.28. The molecule has 18 aromatic heterocycles. The Hall–Kier alpha value is -16.4. The third-order valence-corrected chi connectivity index (χ3v) is 24.7. The minimum atomic E-state index is -3.35. The van der Waals surface area contributed by atoms with E-state index in [4.69, 9.17) is 42.8 Å². The normalized spacial score (nSPS) is 12.3. The molecule has 0 saturated heterocycles. The van der Waals surface area contributed by atoms with Gasteiger partial charge in [0, 0.05) is 196 Å². The van der Waals surface area contributed by atoms with E-state index < -0.39 is 10.0 Å². The van der Waals surface area contributed by atoms with Gasteiger partial charge in [-0.25, -0.2) is 18.4 Å². The van der Waals surface area contributed by atoms with Gasteiger partial charge in [-0.15, -0.1) is 0 Å². The van der Waals surface area contributed by atoms with Crippen LogP contribution < -0.4 is 14.8 Å². The van der Waals surface area contributed by atoms with Crippen molar-refractivity contribution in [3.8, 4) is 95.0 Å². The number of Topliss-reactive ketones (excluding diaryl/α,β-unsaturated/α-hetero) is 1. The number of hydrogen-bond donors (Lipinski definition) is 2. The van der Waals surface area contributed by atoms with Gasteiger partial charge in [-0.1, -0.05) is 82.1 Å². The second-order valence-corrected chi connectivity index (χ2v) is 34.7.